The lowest BCUT2D eigenvalue weighted by molar-refractivity contribution is 0.111. The zero-order valence-corrected chi connectivity index (χ0v) is 10.9. The van der Waals surface area contributed by atoms with Crippen molar-refractivity contribution in [3.8, 4) is 5.69 Å². The minimum absolute atomic E-state index is 0.415. The van der Waals surface area contributed by atoms with Crippen LogP contribution in [0.3, 0.4) is 0 Å². The normalized spacial score (nSPS) is 10.6. The Morgan fingerprint density at radius 2 is 2.06 bits per heavy atom. The molecule has 1 heterocycles. The van der Waals surface area contributed by atoms with Gasteiger partial charge in [-0.05, 0) is 37.1 Å². The molecular weight excluding hydrogens is 250 g/mol. The Bertz CT molecular complexity index is 534. The van der Waals surface area contributed by atoms with Crippen LogP contribution in [0, 0.1) is 0 Å². The first kappa shape index (κ1) is 12.8. The maximum Gasteiger partial charge on any atom is 0.172 e. The molecule has 2 aromatic rings. The van der Waals surface area contributed by atoms with E-state index in [1.54, 1.807) is 16.8 Å². The number of aromatic nitrogens is 3. The summed E-state index contributed by atoms with van der Waals surface area (Å²) in [6, 6.07) is 7.31. The summed E-state index contributed by atoms with van der Waals surface area (Å²) in [7, 11) is 0. The molecule has 1 aromatic carbocycles. The Balaban J connectivity index is 2.40. The lowest BCUT2D eigenvalue weighted by Crippen LogP contribution is -2.03. The third kappa shape index (κ3) is 2.59. The summed E-state index contributed by atoms with van der Waals surface area (Å²) in [5.74, 6) is 0. The number of aldehydes is 1. The van der Waals surface area contributed by atoms with E-state index in [4.69, 9.17) is 11.6 Å². The first-order valence-corrected chi connectivity index (χ1v) is 6.29. The molecule has 0 fully saturated rings. The smallest absolute Gasteiger partial charge is 0.172 e. The first-order valence-electron chi connectivity index (χ1n) is 5.92. The molecule has 18 heavy (non-hydrogen) atoms. The third-order valence-electron chi connectivity index (χ3n) is 2.74. The van der Waals surface area contributed by atoms with E-state index in [1.165, 1.54) is 0 Å². The average molecular weight is 264 g/mol. The Kier molecular flexibility index (Phi) is 4.10. The number of unbranched alkanes of at least 4 members (excludes halogenated alkanes) is 1. The molecule has 0 N–H and O–H groups in total. The Hall–Kier alpha value is -1.68. The van der Waals surface area contributed by atoms with Crippen molar-refractivity contribution in [1.82, 2.24) is 15.0 Å². The van der Waals surface area contributed by atoms with Crippen LogP contribution in [-0.2, 0) is 6.42 Å². The highest BCUT2D eigenvalue weighted by Gasteiger charge is 2.12. The van der Waals surface area contributed by atoms with Crippen molar-refractivity contribution >= 4 is 17.9 Å². The monoisotopic (exact) mass is 263 g/mol. The SMILES string of the molecule is CCCCc1c(C=O)nnn1-c1ccc(Cl)cc1. The van der Waals surface area contributed by atoms with E-state index in [9.17, 15) is 4.79 Å². The summed E-state index contributed by atoms with van der Waals surface area (Å²) in [6.07, 6.45) is 3.61. The molecule has 0 spiro atoms. The zero-order chi connectivity index (χ0) is 13.0. The molecule has 0 saturated carbocycles. The van der Waals surface area contributed by atoms with Crippen LogP contribution in [-0.4, -0.2) is 21.3 Å². The highest BCUT2D eigenvalue weighted by atomic mass is 35.5. The third-order valence-corrected chi connectivity index (χ3v) is 3.00. The Labute approximate surface area is 111 Å². The van der Waals surface area contributed by atoms with Gasteiger partial charge in [-0.3, -0.25) is 4.79 Å². The van der Waals surface area contributed by atoms with Gasteiger partial charge < -0.3 is 0 Å². The van der Waals surface area contributed by atoms with Crippen LogP contribution in [0.1, 0.15) is 35.9 Å². The van der Waals surface area contributed by atoms with E-state index < -0.39 is 0 Å². The summed E-state index contributed by atoms with van der Waals surface area (Å²) in [5, 5.41) is 8.60. The molecule has 2 rings (SSSR count). The number of rotatable bonds is 5. The summed E-state index contributed by atoms with van der Waals surface area (Å²) < 4.78 is 1.70. The van der Waals surface area contributed by atoms with Crippen molar-refractivity contribution in [1.29, 1.82) is 0 Å². The van der Waals surface area contributed by atoms with Gasteiger partial charge >= 0.3 is 0 Å². The van der Waals surface area contributed by atoms with Crippen LogP contribution in [0.15, 0.2) is 24.3 Å². The van der Waals surface area contributed by atoms with Gasteiger partial charge in [0.1, 0.15) is 5.69 Å². The number of benzene rings is 1. The molecule has 0 unspecified atom stereocenters. The van der Waals surface area contributed by atoms with Gasteiger partial charge in [-0.2, -0.15) is 0 Å². The Morgan fingerprint density at radius 1 is 1.33 bits per heavy atom. The van der Waals surface area contributed by atoms with E-state index in [2.05, 4.69) is 17.2 Å². The number of carbonyl (C=O) groups is 1. The van der Waals surface area contributed by atoms with Crippen LogP contribution < -0.4 is 0 Å². The molecular formula is C13H14ClN3O. The van der Waals surface area contributed by atoms with Crippen molar-refractivity contribution in [3.05, 3.63) is 40.7 Å². The van der Waals surface area contributed by atoms with Gasteiger partial charge in [-0.25, -0.2) is 4.68 Å². The van der Waals surface area contributed by atoms with Gasteiger partial charge in [0.2, 0.25) is 0 Å². The van der Waals surface area contributed by atoms with E-state index in [0.29, 0.717) is 10.7 Å². The van der Waals surface area contributed by atoms with Gasteiger partial charge in [0.25, 0.3) is 0 Å². The zero-order valence-electron chi connectivity index (χ0n) is 10.1. The molecule has 94 valence electrons. The largest absolute Gasteiger partial charge is 0.296 e. The van der Waals surface area contributed by atoms with Crippen LogP contribution in [0.4, 0.5) is 0 Å². The minimum atomic E-state index is 0.415. The lowest BCUT2D eigenvalue weighted by Gasteiger charge is -2.06. The van der Waals surface area contributed by atoms with Crippen molar-refractivity contribution in [3.63, 3.8) is 0 Å². The van der Waals surface area contributed by atoms with Gasteiger partial charge in [0.15, 0.2) is 6.29 Å². The lowest BCUT2D eigenvalue weighted by atomic mass is 10.1. The maximum atomic E-state index is 11.0. The molecule has 0 aliphatic heterocycles. The van der Waals surface area contributed by atoms with Crippen LogP contribution in [0.5, 0.6) is 0 Å². The second kappa shape index (κ2) is 5.78. The first-order chi connectivity index (χ1) is 8.76. The van der Waals surface area contributed by atoms with E-state index in [-0.39, 0.29) is 0 Å². The molecule has 4 nitrogen and oxygen atoms in total. The molecule has 0 saturated heterocycles. The number of hydrogen-bond acceptors (Lipinski definition) is 3. The highest BCUT2D eigenvalue weighted by Crippen LogP contribution is 2.17. The van der Waals surface area contributed by atoms with Crippen molar-refractivity contribution in [2.45, 2.75) is 26.2 Å². The minimum Gasteiger partial charge on any atom is -0.296 e. The van der Waals surface area contributed by atoms with E-state index in [1.807, 2.05) is 12.1 Å². The van der Waals surface area contributed by atoms with E-state index in [0.717, 1.165) is 36.9 Å². The maximum absolute atomic E-state index is 11.0. The summed E-state index contributed by atoms with van der Waals surface area (Å²) in [4.78, 5) is 11.0. The van der Waals surface area contributed by atoms with Gasteiger partial charge in [0, 0.05) is 5.02 Å². The second-order valence-corrected chi connectivity index (χ2v) is 4.47. The van der Waals surface area contributed by atoms with E-state index >= 15 is 0 Å². The van der Waals surface area contributed by atoms with Crippen molar-refractivity contribution in [2.24, 2.45) is 0 Å². The fraction of sp³-hybridized carbons (Fsp3) is 0.308. The number of carbonyl (C=O) groups excluding carboxylic acids is 1. The molecule has 1 aromatic heterocycles. The summed E-state index contributed by atoms with van der Waals surface area (Å²) in [6.45, 7) is 2.11. The molecule has 0 radical (unpaired) electrons. The Morgan fingerprint density at radius 3 is 2.67 bits per heavy atom. The van der Waals surface area contributed by atoms with Crippen molar-refractivity contribution < 1.29 is 4.79 Å². The standard InChI is InChI=1S/C13H14ClN3O/c1-2-3-4-13-12(9-18)15-16-17(13)11-7-5-10(14)6-8-11/h5-9H,2-4H2,1H3. The molecule has 0 amide bonds. The van der Waals surface area contributed by atoms with Crippen LogP contribution >= 0.6 is 11.6 Å². The molecule has 0 aliphatic rings. The molecule has 0 aliphatic carbocycles. The molecule has 0 atom stereocenters. The second-order valence-electron chi connectivity index (χ2n) is 4.03. The molecule has 0 bridgehead atoms. The van der Waals surface area contributed by atoms with Crippen LogP contribution in [0.2, 0.25) is 5.02 Å². The van der Waals surface area contributed by atoms with Crippen molar-refractivity contribution in [2.75, 3.05) is 0 Å². The van der Waals surface area contributed by atoms with Gasteiger partial charge in [0.05, 0.1) is 11.4 Å². The fourth-order valence-electron chi connectivity index (χ4n) is 1.77. The number of nitrogens with zero attached hydrogens (tertiary/aromatic N) is 3. The number of halogens is 1. The van der Waals surface area contributed by atoms with Gasteiger partial charge in [-0.15, -0.1) is 5.10 Å². The summed E-state index contributed by atoms with van der Waals surface area (Å²) >= 11 is 5.85. The number of hydrogen-bond donors (Lipinski definition) is 0. The topological polar surface area (TPSA) is 47.8 Å². The van der Waals surface area contributed by atoms with Gasteiger partial charge in [-0.1, -0.05) is 30.2 Å². The fourth-order valence-corrected chi connectivity index (χ4v) is 1.90. The van der Waals surface area contributed by atoms with Crippen LogP contribution in [0.25, 0.3) is 5.69 Å². The average Bonchev–Trinajstić information content (AvgIpc) is 2.80. The predicted octanol–water partition coefficient (Wildman–Crippen LogP) is 3.08. The highest BCUT2D eigenvalue weighted by molar-refractivity contribution is 6.30. The summed E-state index contributed by atoms with van der Waals surface area (Å²) in [5.41, 5.74) is 2.14. The predicted molar refractivity (Wildman–Crippen MR) is 70.4 cm³/mol. The molecule has 5 heteroatoms. The quantitative estimate of drug-likeness (QED) is 0.779.